The molecular weight excluding hydrogens is 283 g/mol. The average Bonchev–Trinajstić information content (AvgIpc) is 2.68. The first-order chi connectivity index (χ1) is 10.5. The van der Waals surface area contributed by atoms with Crippen LogP contribution in [0.25, 0.3) is 5.57 Å². The van der Waals surface area contributed by atoms with E-state index < -0.39 is 0 Å². The predicted molar refractivity (Wildman–Crippen MR) is 103 cm³/mol. The Morgan fingerprint density at radius 3 is 2.64 bits per heavy atom. The fourth-order valence-electron chi connectivity index (χ4n) is 3.01. The van der Waals surface area contributed by atoms with Crippen LogP contribution in [0, 0.1) is 12.8 Å². The molecule has 0 aliphatic heterocycles. The molecule has 0 saturated heterocycles. The van der Waals surface area contributed by atoms with Gasteiger partial charge in [0.25, 0.3) is 0 Å². The summed E-state index contributed by atoms with van der Waals surface area (Å²) in [4.78, 5) is 0. The van der Waals surface area contributed by atoms with Crippen molar-refractivity contribution in [3.05, 3.63) is 64.0 Å². The standard InChI is InChI=1S/C21H29P/c1-5-6-9-18-16(4)8-7-10-19(18)20-13-11-17(15(2)3)12-14-21(20)22/h7-8,10-11,13-15H,5-6,9,12,22H2,1-4H3. The quantitative estimate of drug-likeness (QED) is 0.547. The Morgan fingerprint density at radius 1 is 1.18 bits per heavy atom. The van der Waals surface area contributed by atoms with Gasteiger partial charge in [0.1, 0.15) is 0 Å². The summed E-state index contributed by atoms with van der Waals surface area (Å²) in [6.07, 6.45) is 11.8. The first-order valence-corrected chi connectivity index (χ1v) is 9.08. The Kier molecular flexibility index (Phi) is 6.21. The zero-order chi connectivity index (χ0) is 16.1. The maximum Gasteiger partial charge on any atom is -0.0112 e. The molecule has 118 valence electrons. The molecule has 0 spiro atoms. The van der Waals surface area contributed by atoms with Gasteiger partial charge in [-0.05, 0) is 59.7 Å². The highest BCUT2D eigenvalue weighted by molar-refractivity contribution is 7.24. The van der Waals surface area contributed by atoms with Crippen molar-refractivity contribution in [2.24, 2.45) is 5.92 Å². The van der Waals surface area contributed by atoms with Gasteiger partial charge in [0.05, 0.1) is 0 Å². The molecule has 0 fully saturated rings. The lowest BCUT2D eigenvalue weighted by Gasteiger charge is -2.15. The van der Waals surface area contributed by atoms with Gasteiger partial charge in [-0.2, -0.15) is 0 Å². The Balaban J connectivity index is 2.48. The monoisotopic (exact) mass is 312 g/mol. The number of aryl methyl sites for hydroxylation is 1. The number of benzene rings is 1. The number of unbranched alkanes of at least 4 members (excludes halogenated alkanes) is 1. The van der Waals surface area contributed by atoms with Gasteiger partial charge in [0.2, 0.25) is 0 Å². The van der Waals surface area contributed by atoms with Crippen LogP contribution in [0.1, 0.15) is 56.7 Å². The van der Waals surface area contributed by atoms with E-state index in [0.29, 0.717) is 5.92 Å². The molecule has 22 heavy (non-hydrogen) atoms. The van der Waals surface area contributed by atoms with Crippen LogP contribution in [-0.4, -0.2) is 0 Å². The van der Waals surface area contributed by atoms with E-state index in [0.717, 1.165) is 6.42 Å². The SMILES string of the molecule is CCCCc1c(C)cccc1C1=CC=C(C(C)C)CC=C1P. The van der Waals surface area contributed by atoms with Gasteiger partial charge in [-0.1, -0.05) is 69.2 Å². The summed E-state index contributed by atoms with van der Waals surface area (Å²) in [6.45, 7) is 9.06. The minimum absolute atomic E-state index is 0.613. The lowest BCUT2D eigenvalue weighted by Crippen LogP contribution is -1.97. The van der Waals surface area contributed by atoms with Gasteiger partial charge in [-0.15, -0.1) is 9.24 Å². The number of hydrogen-bond acceptors (Lipinski definition) is 0. The lowest BCUT2D eigenvalue weighted by molar-refractivity contribution is 0.748. The van der Waals surface area contributed by atoms with Crippen molar-refractivity contribution < 1.29 is 0 Å². The summed E-state index contributed by atoms with van der Waals surface area (Å²) < 4.78 is 0. The van der Waals surface area contributed by atoms with E-state index in [-0.39, 0.29) is 0 Å². The van der Waals surface area contributed by atoms with Gasteiger partial charge >= 0.3 is 0 Å². The highest BCUT2D eigenvalue weighted by Gasteiger charge is 2.13. The molecular formula is C21H29P. The maximum atomic E-state index is 2.95. The van der Waals surface area contributed by atoms with Gasteiger partial charge in [-0.25, -0.2) is 0 Å². The van der Waals surface area contributed by atoms with Crippen molar-refractivity contribution in [3.63, 3.8) is 0 Å². The van der Waals surface area contributed by atoms with Crippen LogP contribution in [0.15, 0.2) is 47.3 Å². The van der Waals surface area contributed by atoms with E-state index in [2.05, 4.69) is 73.4 Å². The number of allylic oxidation sites excluding steroid dienone is 6. The van der Waals surface area contributed by atoms with Crippen molar-refractivity contribution in [2.75, 3.05) is 0 Å². The van der Waals surface area contributed by atoms with Crippen LogP contribution in [0.2, 0.25) is 0 Å². The summed E-state index contributed by atoms with van der Waals surface area (Å²) in [6, 6.07) is 6.72. The van der Waals surface area contributed by atoms with Crippen molar-refractivity contribution in [1.29, 1.82) is 0 Å². The minimum atomic E-state index is 0.613. The summed E-state index contributed by atoms with van der Waals surface area (Å²) in [5.41, 5.74) is 7.23. The van der Waals surface area contributed by atoms with Crippen LogP contribution in [-0.2, 0) is 6.42 Å². The van der Waals surface area contributed by atoms with E-state index in [9.17, 15) is 0 Å². The zero-order valence-corrected chi connectivity index (χ0v) is 15.6. The third-order valence-corrected chi connectivity index (χ3v) is 5.10. The minimum Gasteiger partial charge on any atom is -0.105 e. The molecule has 0 bridgehead atoms. The summed E-state index contributed by atoms with van der Waals surface area (Å²) >= 11 is 0. The van der Waals surface area contributed by atoms with E-state index in [1.165, 1.54) is 52.4 Å². The van der Waals surface area contributed by atoms with E-state index in [1.54, 1.807) is 0 Å². The van der Waals surface area contributed by atoms with Crippen LogP contribution < -0.4 is 0 Å². The van der Waals surface area contributed by atoms with Crippen LogP contribution in [0.4, 0.5) is 0 Å². The largest absolute Gasteiger partial charge is 0.105 e. The molecule has 1 atom stereocenters. The molecule has 1 unspecified atom stereocenters. The Labute approximate surface area is 138 Å². The highest BCUT2D eigenvalue weighted by Crippen LogP contribution is 2.35. The molecule has 0 saturated carbocycles. The summed E-state index contributed by atoms with van der Waals surface area (Å²) in [7, 11) is 2.95. The van der Waals surface area contributed by atoms with Crippen molar-refractivity contribution in [2.45, 2.75) is 53.4 Å². The van der Waals surface area contributed by atoms with Crippen molar-refractivity contribution in [3.8, 4) is 0 Å². The molecule has 1 aliphatic rings. The molecule has 1 aromatic rings. The normalized spacial score (nSPS) is 15.3. The van der Waals surface area contributed by atoms with E-state index >= 15 is 0 Å². The van der Waals surface area contributed by atoms with Gasteiger partial charge in [0, 0.05) is 0 Å². The Bertz CT molecular complexity index is 615. The second-order valence-electron chi connectivity index (χ2n) is 6.54. The van der Waals surface area contributed by atoms with E-state index in [4.69, 9.17) is 0 Å². The van der Waals surface area contributed by atoms with Gasteiger partial charge in [0.15, 0.2) is 0 Å². The first kappa shape index (κ1) is 17.2. The fraction of sp³-hybridized carbons (Fsp3) is 0.429. The van der Waals surface area contributed by atoms with Crippen molar-refractivity contribution >= 4 is 14.8 Å². The molecule has 0 N–H and O–H groups in total. The van der Waals surface area contributed by atoms with Crippen molar-refractivity contribution in [1.82, 2.24) is 0 Å². The Morgan fingerprint density at radius 2 is 1.95 bits per heavy atom. The molecule has 1 heteroatoms. The topological polar surface area (TPSA) is 0 Å². The predicted octanol–water partition coefficient (Wildman–Crippen LogP) is 6.47. The number of hydrogen-bond donors (Lipinski definition) is 0. The second-order valence-corrected chi connectivity index (χ2v) is 7.17. The third kappa shape index (κ3) is 3.99. The van der Waals surface area contributed by atoms with Crippen LogP contribution >= 0.6 is 9.24 Å². The fourth-order valence-corrected chi connectivity index (χ4v) is 3.38. The lowest BCUT2D eigenvalue weighted by atomic mass is 9.92. The Hall–Kier alpha value is -1.13. The first-order valence-electron chi connectivity index (χ1n) is 8.50. The molecule has 0 radical (unpaired) electrons. The number of rotatable bonds is 5. The van der Waals surface area contributed by atoms with Crippen LogP contribution in [0.3, 0.4) is 0 Å². The summed E-state index contributed by atoms with van der Waals surface area (Å²) in [5.74, 6) is 0.613. The molecule has 1 aliphatic carbocycles. The van der Waals surface area contributed by atoms with Gasteiger partial charge < -0.3 is 0 Å². The second kappa shape index (κ2) is 7.93. The molecule has 0 heterocycles. The third-order valence-electron chi connectivity index (χ3n) is 4.56. The van der Waals surface area contributed by atoms with Crippen LogP contribution in [0.5, 0.6) is 0 Å². The van der Waals surface area contributed by atoms with Gasteiger partial charge in [-0.3, -0.25) is 0 Å². The molecule has 0 nitrogen and oxygen atoms in total. The maximum absolute atomic E-state index is 2.95. The summed E-state index contributed by atoms with van der Waals surface area (Å²) in [5, 5.41) is 1.33. The average molecular weight is 312 g/mol. The molecule has 0 aromatic heterocycles. The molecule has 1 aromatic carbocycles. The highest BCUT2D eigenvalue weighted by atomic mass is 31.0. The van der Waals surface area contributed by atoms with E-state index in [1.807, 2.05) is 0 Å². The zero-order valence-electron chi connectivity index (χ0n) is 14.4. The molecule has 2 rings (SSSR count). The smallest absolute Gasteiger partial charge is 0.0112 e. The molecule has 0 amide bonds.